The maximum Gasteiger partial charge on any atom is 0.260 e. The molecule has 1 heterocycles. The highest BCUT2D eigenvalue weighted by molar-refractivity contribution is 8.00. The minimum absolute atomic E-state index is 0.0300. The molecule has 0 amide bonds. The lowest BCUT2D eigenvalue weighted by Gasteiger charge is -2.20. The van der Waals surface area contributed by atoms with E-state index in [4.69, 9.17) is 5.84 Å². The average Bonchev–Trinajstić information content (AvgIpc) is 2.86. The first kappa shape index (κ1) is 15.6. The van der Waals surface area contributed by atoms with Gasteiger partial charge in [0.05, 0.1) is 5.69 Å². The molecule has 1 aromatic heterocycles. The highest BCUT2D eigenvalue weighted by Gasteiger charge is 2.32. The first-order valence-electron chi connectivity index (χ1n) is 6.64. The highest BCUT2D eigenvalue weighted by Crippen LogP contribution is 2.31. The molecule has 2 rings (SSSR count). The third-order valence-electron chi connectivity index (χ3n) is 3.32. The predicted molar refractivity (Wildman–Crippen MR) is 81.9 cm³/mol. The van der Waals surface area contributed by atoms with Crippen molar-refractivity contribution >= 4 is 27.5 Å². The molecule has 1 fully saturated rings. The molecule has 0 bridgehead atoms. The molecule has 112 valence electrons. The molecule has 1 saturated carbocycles. The van der Waals surface area contributed by atoms with Gasteiger partial charge in [-0.05, 0) is 30.7 Å². The van der Waals surface area contributed by atoms with E-state index in [1.165, 1.54) is 6.20 Å². The second kappa shape index (κ2) is 6.75. The number of nitrogen functional groups attached to an aromatic ring is 1. The molecule has 0 aromatic carbocycles. The fourth-order valence-corrected chi connectivity index (χ4v) is 5.14. The van der Waals surface area contributed by atoms with E-state index in [0.717, 1.165) is 25.0 Å². The van der Waals surface area contributed by atoms with Gasteiger partial charge in [-0.3, -0.25) is 5.84 Å². The number of sulfonamides is 1. The zero-order chi connectivity index (χ0) is 14.6. The SMILES string of the molecule is CCSC1CCCC1NS(=O)(=O)c1ncccc1NN. The summed E-state index contributed by atoms with van der Waals surface area (Å²) in [7, 11) is -3.65. The number of nitrogens with two attached hydrogens (primary N) is 1. The fraction of sp³-hybridized carbons (Fsp3) is 0.583. The first-order valence-corrected chi connectivity index (χ1v) is 9.17. The minimum atomic E-state index is -3.65. The van der Waals surface area contributed by atoms with Crippen LogP contribution in [0.2, 0.25) is 0 Å². The topological polar surface area (TPSA) is 97.1 Å². The number of pyridine rings is 1. The normalized spacial score (nSPS) is 22.9. The van der Waals surface area contributed by atoms with Crippen LogP contribution in [0.15, 0.2) is 23.4 Å². The Morgan fingerprint density at radius 1 is 1.50 bits per heavy atom. The zero-order valence-electron chi connectivity index (χ0n) is 11.4. The van der Waals surface area contributed by atoms with Gasteiger partial charge in [0, 0.05) is 17.5 Å². The standard InChI is InChI=1S/C12H20N4O2S2/c1-2-19-11-7-3-5-9(11)16-20(17,18)12-10(15-13)6-4-8-14-12/h4,6,8-9,11,15-16H,2-3,5,7,13H2,1H3. The number of nitrogens with zero attached hydrogens (tertiary/aromatic N) is 1. The lowest BCUT2D eigenvalue weighted by atomic mass is 10.3. The average molecular weight is 316 g/mol. The summed E-state index contributed by atoms with van der Waals surface area (Å²) in [5.74, 6) is 6.33. The van der Waals surface area contributed by atoms with Crippen LogP contribution in [0, 0.1) is 0 Å². The van der Waals surface area contributed by atoms with Crippen molar-refractivity contribution in [2.45, 2.75) is 42.5 Å². The van der Waals surface area contributed by atoms with Crippen molar-refractivity contribution in [3.05, 3.63) is 18.3 Å². The molecule has 0 spiro atoms. The molecular weight excluding hydrogens is 296 g/mol. The van der Waals surface area contributed by atoms with Gasteiger partial charge in [-0.25, -0.2) is 18.1 Å². The van der Waals surface area contributed by atoms with Crippen LogP contribution in [0.25, 0.3) is 0 Å². The Morgan fingerprint density at radius 3 is 3.00 bits per heavy atom. The molecule has 8 heteroatoms. The molecule has 2 unspecified atom stereocenters. The number of hydrogen-bond donors (Lipinski definition) is 3. The van der Waals surface area contributed by atoms with E-state index in [1.54, 1.807) is 23.9 Å². The van der Waals surface area contributed by atoms with Crippen LogP contribution in [-0.4, -0.2) is 30.4 Å². The molecule has 0 radical (unpaired) electrons. The number of hydrogen-bond acceptors (Lipinski definition) is 6. The van der Waals surface area contributed by atoms with Crippen LogP contribution < -0.4 is 16.0 Å². The monoisotopic (exact) mass is 316 g/mol. The van der Waals surface area contributed by atoms with E-state index in [1.807, 2.05) is 0 Å². The van der Waals surface area contributed by atoms with Crippen LogP contribution in [-0.2, 0) is 10.0 Å². The van der Waals surface area contributed by atoms with E-state index >= 15 is 0 Å². The quantitative estimate of drug-likeness (QED) is 0.541. The molecule has 2 atom stereocenters. The van der Waals surface area contributed by atoms with Gasteiger partial charge in [0.25, 0.3) is 10.0 Å². The summed E-state index contributed by atoms with van der Waals surface area (Å²) in [6.45, 7) is 2.09. The Bertz CT molecular complexity index is 550. The first-order chi connectivity index (χ1) is 9.58. The Kier molecular flexibility index (Phi) is 5.25. The second-order valence-electron chi connectivity index (χ2n) is 4.65. The van der Waals surface area contributed by atoms with Gasteiger partial charge in [0.2, 0.25) is 0 Å². The minimum Gasteiger partial charge on any atom is -0.321 e. The van der Waals surface area contributed by atoms with Gasteiger partial charge in [0.1, 0.15) is 0 Å². The van der Waals surface area contributed by atoms with Gasteiger partial charge >= 0.3 is 0 Å². The highest BCUT2D eigenvalue weighted by atomic mass is 32.2. The number of thioether (sulfide) groups is 1. The Balaban J connectivity index is 2.18. The third kappa shape index (κ3) is 3.43. The van der Waals surface area contributed by atoms with Gasteiger partial charge in [-0.1, -0.05) is 13.3 Å². The smallest absolute Gasteiger partial charge is 0.260 e. The predicted octanol–water partition coefficient (Wildman–Crippen LogP) is 1.32. The van der Waals surface area contributed by atoms with Crippen molar-refractivity contribution in [1.82, 2.24) is 9.71 Å². The number of nitrogens with one attached hydrogen (secondary N) is 2. The molecule has 1 aliphatic carbocycles. The maximum atomic E-state index is 12.4. The van der Waals surface area contributed by atoms with E-state index in [0.29, 0.717) is 10.9 Å². The van der Waals surface area contributed by atoms with Crippen molar-refractivity contribution in [2.75, 3.05) is 11.2 Å². The number of anilines is 1. The molecule has 6 nitrogen and oxygen atoms in total. The van der Waals surface area contributed by atoms with Gasteiger partial charge < -0.3 is 5.43 Å². The molecule has 0 saturated heterocycles. The Hall–Kier alpha value is -0.830. The lowest BCUT2D eigenvalue weighted by Crippen LogP contribution is -2.39. The molecule has 4 N–H and O–H groups in total. The van der Waals surface area contributed by atoms with E-state index in [9.17, 15) is 8.42 Å². The summed E-state index contributed by atoms with van der Waals surface area (Å²) in [5, 5.41) is 0.294. The number of aromatic nitrogens is 1. The van der Waals surface area contributed by atoms with Crippen LogP contribution in [0.4, 0.5) is 5.69 Å². The molecule has 1 aliphatic rings. The number of hydrazine groups is 1. The summed E-state index contributed by atoms with van der Waals surface area (Å²) >= 11 is 1.81. The molecular formula is C12H20N4O2S2. The van der Waals surface area contributed by atoms with E-state index in [-0.39, 0.29) is 11.1 Å². The van der Waals surface area contributed by atoms with Crippen molar-refractivity contribution in [1.29, 1.82) is 0 Å². The van der Waals surface area contributed by atoms with Gasteiger partial charge in [0.15, 0.2) is 5.03 Å². The summed E-state index contributed by atoms with van der Waals surface area (Å²) < 4.78 is 27.7. The van der Waals surface area contributed by atoms with Crippen molar-refractivity contribution in [3.8, 4) is 0 Å². The molecule has 0 aliphatic heterocycles. The fourth-order valence-electron chi connectivity index (χ4n) is 2.44. The van der Waals surface area contributed by atoms with Gasteiger partial charge in [-0.2, -0.15) is 11.8 Å². The van der Waals surface area contributed by atoms with Crippen LogP contribution in [0.5, 0.6) is 0 Å². The van der Waals surface area contributed by atoms with Crippen LogP contribution in [0.3, 0.4) is 0 Å². The van der Waals surface area contributed by atoms with E-state index in [2.05, 4.69) is 22.1 Å². The molecule has 20 heavy (non-hydrogen) atoms. The van der Waals surface area contributed by atoms with Gasteiger partial charge in [-0.15, -0.1) is 0 Å². The zero-order valence-corrected chi connectivity index (χ0v) is 13.0. The Morgan fingerprint density at radius 2 is 2.30 bits per heavy atom. The van der Waals surface area contributed by atoms with Crippen molar-refractivity contribution < 1.29 is 8.42 Å². The Labute approximate surface area is 123 Å². The largest absolute Gasteiger partial charge is 0.321 e. The summed E-state index contributed by atoms with van der Waals surface area (Å²) in [4.78, 5) is 3.93. The molecule has 1 aromatic rings. The number of rotatable bonds is 6. The lowest BCUT2D eigenvalue weighted by molar-refractivity contribution is 0.552. The van der Waals surface area contributed by atoms with Crippen molar-refractivity contribution in [2.24, 2.45) is 5.84 Å². The van der Waals surface area contributed by atoms with Crippen LogP contribution in [0.1, 0.15) is 26.2 Å². The summed E-state index contributed by atoms with van der Waals surface area (Å²) in [5.41, 5.74) is 2.68. The third-order valence-corrected chi connectivity index (χ3v) is 6.09. The maximum absolute atomic E-state index is 12.4. The second-order valence-corrected chi connectivity index (χ2v) is 7.80. The van der Waals surface area contributed by atoms with Crippen LogP contribution >= 0.6 is 11.8 Å². The summed E-state index contributed by atoms with van der Waals surface area (Å²) in [6.07, 6.45) is 4.42. The van der Waals surface area contributed by atoms with E-state index < -0.39 is 10.0 Å². The van der Waals surface area contributed by atoms with Crippen molar-refractivity contribution in [3.63, 3.8) is 0 Å². The summed E-state index contributed by atoms with van der Waals surface area (Å²) in [6, 6.07) is 3.20.